The van der Waals surface area contributed by atoms with E-state index in [0.29, 0.717) is 0 Å². The molecule has 5 heteroatoms. The molecule has 0 bridgehead atoms. The third kappa shape index (κ3) is 4.41. The van der Waals surface area contributed by atoms with Gasteiger partial charge in [0.2, 0.25) is 5.95 Å². The molecule has 1 atom stereocenters. The Bertz CT molecular complexity index is 963. The molecule has 2 saturated heterocycles. The topological polar surface area (TPSA) is 50.3 Å². The van der Waals surface area contributed by atoms with E-state index < -0.39 is 0 Å². The van der Waals surface area contributed by atoms with E-state index >= 15 is 0 Å². The second kappa shape index (κ2) is 9.00. The molecular formula is C25H30N4O. The molecule has 0 saturated carbocycles. The number of aromatic nitrogens is 2. The van der Waals surface area contributed by atoms with E-state index in [0.717, 1.165) is 67.7 Å². The summed E-state index contributed by atoms with van der Waals surface area (Å²) in [6, 6.07) is 19.1. The Kier molecular flexibility index (Phi) is 5.80. The average molecular weight is 403 g/mol. The largest absolute Gasteiger partial charge is 0.376 e. The summed E-state index contributed by atoms with van der Waals surface area (Å²) < 4.78 is 5.78. The molecule has 0 spiro atoms. The zero-order valence-corrected chi connectivity index (χ0v) is 17.5. The lowest BCUT2D eigenvalue weighted by Crippen LogP contribution is -2.35. The van der Waals surface area contributed by atoms with Crippen LogP contribution < -0.4 is 10.2 Å². The number of para-hydroxylation sites is 1. The molecule has 2 fully saturated rings. The molecule has 2 aliphatic rings. The van der Waals surface area contributed by atoms with Gasteiger partial charge in [0.15, 0.2) is 0 Å². The summed E-state index contributed by atoms with van der Waals surface area (Å²) in [4.78, 5) is 12.2. The number of nitrogens with zero attached hydrogens (tertiary/aromatic N) is 3. The fourth-order valence-electron chi connectivity index (χ4n) is 4.64. The highest BCUT2D eigenvalue weighted by Gasteiger charge is 2.23. The number of hydrogen-bond donors (Lipinski definition) is 1. The van der Waals surface area contributed by atoms with E-state index in [9.17, 15) is 0 Å². The predicted octanol–water partition coefficient (Wildman–Crippen LogP) is 4.68. The number of ether oxygens (including phenoxy) is 1. The summed E-state index contributed by atoms with van der Waals surface area (Å²) in [6.07, 6.45) is 6.10. The van der Waals surface area contributed by atoms with Crippen molar-refractivity contribution in [3.05, 3.63) is 60.2 Å². The van der Waals surface area contributed by atoms with Crippen molar-refractivity contribution >= 4 is 22.7 Å². The number of benzene rings is 2. The first-order valence-electron chi connectivity index (χ1n) is 11.3. The SMILES string of the molecule is c1ccc(CC2CCN(c3nc(NCC4CCCO4)c4ccccc4n3)CC2)cc1. The van der Waals surface area contributed by atoms with Crippen LogP contribution in [-0.4, -0.2) is 42.3 Å². The zero-order chi connectivity index (χ0) is 20.2. The van der Waals surface area contributed by atoms with Crippen molar-refractivity contribution < 1.29 is 4.74 Å². The van der Waals surface area contributed by atoms with Crippen LogP contribution in [0.1, 0.15) is 31.2 Å². The van der Waals surface area contributed by atoms with Gasteiger partial charge in [-0.3, -0.25) is 0 Å². The predicted molar refractivity (Wildman–Crippen MR) is 122 cm³/mol. The summed E-state index contributed by atoms with van der Waals surface area (Å²) in [5.74, 6) is 2.51. The van der Waals surface area contributed by atoms with E-state index in [1.165, 1.54) is 24.8 Å². The van der Waals surface area contributed by atoms with E-state index in [4.69, 9.17) is 14.7 Å². The van der Waals surface area contributed by atoms with E-state index in [-0.39, 0.29) is 6.10 Å². The van der Waals surface area contributed by atoms with Crippen LogP contribution in [-0.2, 0) is 11.2 Å². The molecule has 0 aliphatic carbocycles. The normalized spacial score (nSPS) is 20.0. The molecule has 1 aromatic heterocycles. The first-order valence-corrected chi connectivity index (χ1v) is 11.3. The monoisotopic (exact) mass is 402 g/mol. The molecule has 3 aromatic rings. The molecule has 3 heterocycles. The van der Waals surface area contributed by atoms with Gasteiger partial charge in [-0.15, -0.1) is 0 Å². The van der Waals surface area contributed by atoms with E-state index in [1.54, 1.807) is 0 Å². The quantitative estimate of drug-likeness (QED) is 0.649. The standard InChI is InChI=1S/C25H30N4O/c1-2-7-19(8-3-1)17-20-12-14-29(15-13-20)25-27-23-11-5-4-10-22(23)24(28-25)26-18-21-9-6-16-30-21/h1-5,7-8,10-11,20-21H,6,9,12-18H2,(H,26,27,28). The van der Waals surface area contributed by atoms with Gasteiger partial charge in [-0.2, -0.15) is 4.98 Å². The Hall–Kier alpha value is -2.66. The Balaban J connectivity index is 1.29. The summed E-state index contributed by atoms with van der Waals surface area (Å²) >= 11 is 0. The van der Waals surface area contributed by atoms with Crippen LogP contribution in [0.15, 0.2) is 54.6 Å². The third-order valence-corrected chi connectivity index (χ3v) is 6.38. The highest BCUT2D eigenvalue weighted by molar-refractivity contribution is 5.90. The molecule has 2 aromatic carbocycles. The van der Waals surface area contributed by atoms with E-state index in [1.807, 2.05) is 0 Å². The average Bonchev–Trinajstić information content (AvgIpc) is 3.32. The van der Waals surface area contributed by atoms with Crippen LogP contribution in [0.5, 0.6) is 0 Å². The van der Waals surface area contributed by atoms with Gasteiger partial charge >= 0.3 is 0 Å². The van der Waals surface area contributed by atoms with Crippen LogP contribution in [0.4, 0.5) is 11.8 Å². The second-order valence-corrected chi connectivity index (χ2v) is 8.53. The lowest BCUT2D eigenvalue weighted by atomic mass is 9.90. The zero-order valence-electron chi connectivity index (χ0n) is 17.5. The minimum absolute atomic E-state index is 0.288. The Labute approximate surface area is 178 Å². The molecule has 30 heavy (non-hydrogen) atoms. The summed E-state index contributed by atoms with van der Waals surface area (Å²) in [5.41, 5.74) is 2.45. The molecule has 0 amide bonds. The van der Waals surface area contributed by atoms with Gasteiger partial charge < -0.3 is 15.0 Å². The first kappa shape index (κ1) is 19.3. The lowest BCUT2D eigenvalue weighted by Gasteiger charge is -2.32. The fourth-order valence-corrected chi connectivity index (χ4v) is 4.64. The van der Waals surface area contributed by atoms with Crippen molar-refractivity contribution in [2.75, 3.05) is 36.5 Å². The molecular weight excluding hydrogens is 372 g/mol. The molecule has 5 nitrogen and oxygen atoms in total. The number of piperidine rings is 1. The van der Waals surface area contributed by atoms with Crippen molar-refractivity contribution in [1.82, 2.24) is 9.97 Å². The highest BCUT2D eigenvalue weighted by atomic mass is 16.5. The van der Waals surface area contributed by atoms with Crippen LogP contribution in [0.2, 0.25) is 0 Å². The van der Waals surface area contributed by atoms with Gasteiger partial charge in [0.25, 0.3) is 0 Å². The number of nitrogens with one attached hydrogen (secondary N) is 1. The maximum absolute atomic E-state index is 5.78. The summed E-state index contributed by atoms with van der Waals surface area (Å²) in [7, 11) is 0. The Morgan fingerprint density at radius 3 is 2.53 bits per heavy atom. The van der Waals surface area contributed by atoms with Gasteiger partial charge in [-0.25, -0.2) is 4.98 Å². The van der Waals surface area contributed by atoms with Crippen LogP contribution in [0, 0.1) is 5.92 Å². The molecule has 0 radical (unpaired) electrons. The van der Waals surface area contributed by atoms with Gasteiger partial charge in [0.05, 0.1) is 11.6 Å². The maximum Gasteiger partial charge on any atom is 0.227 e. The van der Waals surface area contributed by atoms with Gasteiger partial charge in [0, 0.05) is 31.6 Å². The minimum atomic E-state index is 0.288. The maximum atomic E-state index is 5.78. The van der Waals surface area contributed by atoms with E-state index in [2.05, 4.69) is 64.8 Å². The smallest absolute Gasteiger partial charge is 0.227 e. The van der Waals surface area contributed by atoms with Crippen molar-refractivity contribution in [1.29, 1.82) is 0 Å². The molecule has 1 unspecified atom stereocenters. The number of hydrogen-bond acceptors (Lipinski definition) is 5. The van der Waals surface area contributed by atoms with Crippen molar-refractivity contribution in [3.8, 4) is 0 Å². The molecule has 2 aliphatic heterocycles. The van der Waals surface area contributed by atoms with Gasteiger partial charge in [0.1, 0.15) is 5.82 Å². The number of fused-ring (bicyclic) bond motifs is 1. The van der Waals surface area contributed by atoms with Crippen LogP contribution in [0.3, 0.4) is 0 Å². The summed E-state index contributed by atoms with van der Waals surface area (Å²) in [6.45, 7) is 3.71. The second-order valence-electron chi connectivity index (χ2n) is 8.53. The molecule has 5 rings (SSSR count). The Morgan fingerprint density at radius 2 is 1.73 bits per heavy atom. The first-order chi connectivity index (χ1) is 14.8. The molecule has 1 N–H and O–H groups in total. The van der Waals surface area contributed by atoms with Crippen molar-refractivity contribution in [2.45, 2.75) is 38.2 Å². The third-order valence-electron chi connectivity index (χ3n) is 6.38. The molecule has 156 valence electrons. The summed E-state index contributed by atoms with van der Waals surface area (Å²) in [5, 5.41) is 4.63. The van der Waals surface area contributed by atoms with Gasteiger partial charge in [-0.05, 0) is 55.7 Å². The minimum Gasteiger partial charge on any atom is -0.376 e. The number of rotatable bonds is 6. The Morgan fingerprint density at radius 1 is 0.933 bits per heavy atom. The van der Waals surface area contributed by atoms with Crippen molar-refractivity contribution in [2.24, 2.45) is 5.92 Å². The van der Waals surface area contributed by atoms with Gasteiger partial charge in [-0.1, -0.05) is 42.5 Å². The fraction of sp³-hybridized carbons (Fsp3) is 0.440. The van der Waals surface area contributed by atoms with Crippen molar-refractivity contribution in [3.63, 3.8) is 0 Å². The number of anilines is 2. The lowest BCUT2D eigenvalue weighted by molar-refractivity contribution is 0.120. The highest BCUT2D eigenvalue weighted by Crippen LogP contribution is 2.28. The van der Waals surface area contributed by atoms with Crippen LogP contribution in [0.25, 0.3) is 10.9 Å². The van der Waals surface area contributed by atoms with Crippen LogP contribution >= 0.6 is 0 Å².